The molecule has 2 rings (SSSR count). The number of halogens is 3. The fourth-order valence-corrected chi connectivity index (χ4v) is 1.15. The molecule has 1 aliphatic rings. The number of ether oxygens (including phenoxy) is 1. The highest BCUT2D eigenvalue weighted by molar-refractivity contribution is 5.30. The van der Waals surface area contributed by atoms with E-state index in [4.69, 9.17) is 4.74 Å². The average Bonchev–Trinajstić information content (AvgIpc) is 2.85. The molecule has 0 saturated carbocycles. The van der Waals surface area contributed by atoms with Crippen LogP contribution in [-0.4, -0.2) is 11.6 Å². The standard InChI is InChI=1S/C8H6F3NO/c9-8(10,11)6-3-12-2-1-5(6)7-4-13-7/h1-3,7H,4H2/t7-/m1/s1. The maximum absolute atomic E-state index is 12.3. The summed E-state index contributed by atoms with van der Waals surface area (Å²) < 4.78 is 41.8. The van der Waals surface area contributed by atoms with Crippen LogP contribution in [0, 0.1) is 0 Å². The maximum atomic E-state index is 12.3. The van der Waals surface area contributed by atoms with Crippen LogP contribution < -0.4 is 0 Å². The van der Waals surface area contributed by atoms with Gasteiger partial charge in [0.15, 0.2) is 0 Å². The Morgan fingerprint density at radius 3 is 2.69 bits per heavy atom. The van der Waals surface area contributed by atoms with E-state index in [1.54, 1.807) is 0 Å². The number of rotatable bonds is 1. The Morgan fingerprint density at radius 2 is 2.15 bits per heavy atom. The van der Waals surface area contributed by atoms with Gasteiger partial charge in [0.2, 0.25) is 0 Å². The van der Waals surface area contributed by atoms with E-state index in [0.29, 0.717) is 6.61 Å². The smallest absolute Gasteiger partial charge is 0.368 e. The first kappa shape index (κ1) is 8.50. The molecule has 13 heavy (non-hydrogen) atoms. The van der Waals surface area contributed by atoms with Crippen LogP contribution in [0.3, 0.4) is 0 Å². The average molecular weight is 189 g/mol. The van der Waals surface area contributed by atoms with Crippen molar-refractivity contribution in [3.63, 3.8) is 0 Å². The Bertz CT molecular complexity index is 319. The number of hydrogen-bond acceptors (Lipinski definition) is 2. The van der Waals surface area contributed by atoms with Gasteiger partial charge in [-0.05, 0) is 11.6 Å². The Hall–Kier alpha value is -1.10. The topological polar surface area (TPSA) is 25.4 Å². The van der Waals surface area contributed by atoms with Gasteiger partial charge in [0, 0.05) is 12.4 Å². The van der Waals surface area contributed by atoms with Crippen molar-refractivity contribution >= 4 is 0 Å². The van der Waals surface area contributed by atoms with Gasteiger partial charge in [-0.2, -0.15) is 13.2 Å². The zero-order valence-electron chi connectivity index (χ0n) is 6.51. The third-order valence-electron chi connectivity index (χ3n) is 1.84. The van der Waals surface area contributed by atoms with Gasteiger partial charge in [-0.3, -0.25) is 4.98 Å². The Labute approximate surface area is 72.4 Å². The highest BCUT2D eigenvalue weighted by atomic mass is 19.4. The van der Waals surface area contributed by atoms with Crippen molar-refractivity contribution in [1.29, 1.82) is 0 Å². The zero-order valence-corrected chi connectivity index (χ0v) is 6.51. The highest BCUT2D eigenvalue weighted by Gasteiger charge is 2.38. The van der Waals surface area contributed by atoms with Crippen LogP contribution in [0.2, 0.25) is 0 Å². The van der Waals surface area contributed by atoms with Gasteiger partial charge in [0.1, 0.15) is 6.10 Å². The van der Waals surface area contributed by atoms with E-state index in [9.17, 15) is 13.2 Å². The number of nitrogens with zero attached hydrogens (tertiary/aromatic N) is 1. The largest absolute Gasteiger partial charge is 0.418 e. The van der Waals surface area contributed by atoms with Crippen molar-refractivity contribution in [2.24, 2.45) is 0 Å². The van der Waals surface area contributed by atoms with Crippen LogP contribution in [0.1, 0.15) is 17.2 Å². The molecule has 2 nitrogen and oxygen atoms in total. The maximum Gasteiger partial charge on any atom is 0.418 e. The lowest BCUT2D eigenvalue weighted by Gasteiger charge is -2.09. The van der Waals surface area contributed by atoms with Crippen molar-refractivity contribution in [1.82, 2.24) is 4.98 Å². The van der Waals surface area contributed by atoms with Crippen molar-refractivity contribution in [3.05, 3.63) is 29.6 Å². The predicted molar refractivity (Wildman–Crippen MR) is 37.9 cm³/mol. The van der Waals surface area contributed by atoms with Crippen LogP contribution in [-0.2, 0) is 10.9 Å². The molecule has 1 aromatic heterocycles. The molecule has 0 radical (unpaired) electrons. The molecule has 0 aliphatic carbocycles. The molecule has 1 atom stereocenters. The van der Waals surface area contributed by atoms with E-state index in [0.717, 1.165) is 6.20 Å². The molecule has 0 bridgehead atoms. The molecule has 70 valence electrons. The molecular weight excluding hydrogens is 183 g/mol. The van der Waals surface area contributed by atoms with Crippen molar-refractivity contribution in [2.75, 3.05) is 6.61 Å². The highest BCUT2D eigenvalue weighted by Crippen LogP contribution is 2.39. The first-order valence-corrected chi connectivity index (χ1v) is 3.72. The summed E-state index contributed by atoms with van der Waals surface area (Å²) in [6, 6.07) is 1.35. The first-order valence-electron chi connectivity index (χ1n) is 3.72. The summed E-state index contributed by atoms with van der Waals surface area (Å²) in [5.74, 6) is 0. The number of alkyl halides is 3. The summed E-state index contributed by atoms with van der Waals surface area (Å²) in [7, 11) is 0. The second-order valence-corrected chi connectivity index (χ2v) is 2.78. The SMILES string of the molecule is FC(F)(F)c1cnccc1[C@H]1CO1. The van der Waals surface area contributed by atoms with Crippen LogP contribution >= 0.6 is 0 Å². The van der Waals surface area contributed by atoms with Crippen LogP contribution in [0.15, 0.2) is 18.5 Å². The van der Waals surface area contributed by atoms with E-state index in [-0.39, 0.29) is 11.7 Å². The minimum absolute atomic E-state index is 0.183. The predicted octanol–water partition coefficient (Wildman–Crippen LogP) is 2.17. The third-order valence-corrected chi connectivity index (χ3v) is 1.84. The van der Waals surface area contributed by atoms with Crippen molar-refractivity contribution in [2.45, 2.75) is 12.3 Å². The normalized spacial score (nSPS) is 21.6. The molecule has 0 spiro atoms. The molecule has 1 aliphatic heterocycles. The lowest BCUT2D eigenvalue weighted by Crippen LogP contribution is -2.09. The van der Waals surface area contributed by atoms with Crippen LogP contribution in [0.5, 0.6) is 0 Å². The monoisotopic (exact) mass is 189 g/mol. The summed E-state index contributed by atoms with van der Waals surface area (Å²) in [6.07, 6.45) is -2.56. The number of epoxide rings is 1. The summed E-state index contributed by atoms with van der Waals surface area (Å²) in [4.78, 5) is 3.45. The van der Waals surface area contributed by atoms with Gasteiger partial charge in [0.05, 0.1) is 12.2 Å². The van der Waals surface area contributed by atoms with Gasteiger partial charge < -0.3 is 4.74 Å². The minimum atomic E-state index is -4.34. The summed E-state index contributed by atoms with van der Waals surface area (Å²) in [5, 5.41) is 0. The lowest BCUT2D eigenvalue weighted by molar-refractivity contribution is -0.138. The molecule has 0 unspecified atom stereocenters. The molecular formula is C8H6F3NO. The molecule has 1 aromatic rings. The van der Waals surface area contributed by atoms with Gasteiger partial charge in [-0.1, -0.05) is 0 Å². The number of aromatic nitrogens is 1. The van der Waals surface area contributed by atoms with Gasteiger partial charge in [0.25, 0.3) is 0 Å². The fraction of sp³-hybridized carbons (Fsp3) is 0.375. The van der Waals surface area contributed by atoms with E-state index in [1.807, 2.05) is 0 Å². The summed E-state index contributed by atoms with van der Waals surface area (Å²) >= 11 is 0. The van der Waals surface area contributed by atoms with Crippen molar-refractivity contribution < 1.29 is 17.9 Å². The Kier molecular flexibility index (Phi) is 1.76. The van der Waals surface area contributed by atoms with Gasteiger partial charge >= 0.3 is 6.18 Å². The fourth-order valence-electron chi connectivity index (χ4n) is 1.15. The molecule has 1 fully saturated rings. The first-order chi connectivity index (χ1) is 6.09. The van der Waals surface area contributed by atoms with Gasteiger partial charge in [-0.15, -0.1) is 0 Å². The molecule has 2 heterocycles. The quantitative estimate of drug-likeness (QED) is 0.632. The molecule has 1 saturated heterocycles. The van der Waals surface area contributed by atoms with Crippen LogP contribution in [0.25, 0.3) is 0 Å². The summed E-state index contributed by atoms with van der Waals surface area (Å²) in [6.45, 7) is 0.368. The number of pyridine rings is 1. The van der Waals surface area contributed by atoms with E-state index < -0.39 is 11.7 Å². The summed E-state index contributed by atoms with van der Waals surface area (Å²) in [5.41, 5.74) is -0.514. The molecule has 0 N–H and O–H groups in total. The third kappa shape index (κ3) is 1.65. The van der Waals surface area contributed by atoms with E-state index >= 15 is 0 Å². The Balaban J connectivity index is 2.43. The Morgan fingerprint density at radius 1 is 1.46 bits per heavy atom. The molecule has 0 aromatic carbocycles. The molecule has 5 heteroatoms. The second kappa shape index (κ2) is 2.70. The number of hydrogen-bond donors (Lipinski definition) is 0. The molecule has 0 amide bonds. The lowest BCUT2D eigenvalue weighted by atomic mass is 10.1. The second-order valence-electron chi connectivity index (χ2n) is 2.78. The van der Waals surface area contributed by atoms with Gasteiger partial charge in [-0.25, -0.2) is 0 Å². The van der Waals surface area contributed by atoms with E-state index in [2.05, 4.69) is 4.98 Å². The van der Waals surface area contributed by atoms with Crippen LogP contribution in [0.4, 0.5) is 13.2 Å². The minimum Gasteiger partial charge on any atom is -0.368 e. The zero-order chi connectivity index (χ0) is 9.47. The van der Waals surface area contributed by atoms with Crippen molar-refractivity contribution in [3.8, 4) is 0 Å². The van der Waals surface area contributed by atoms with E-state index in [1.165, 1.54) is 12.3 Å².